The Kier molecular flexibility index (Phi) is 4.29. The molecule has 1 heterocycles. The summed E-state index contributed by atoms with van der Waals surface area (Å²) in [5, 5.41) is 2.60. The lowest BCUT2D eigenvalue weighted by molar-refractivity contribution is -0.139. The van der Waals surface area contributed by atoms with E-state index in [-0.39, 0.29) is 18.3 Å². The number of imidazole rings is 1. The molecule has 0 spiro atoms. The Morgan fingerprint density at radius 2 is 1.92 bits per heavy atom. The first-order valence-electron chi connectivity index (χ1n) is 7.47. The van der Waals surface area contributed by atoms with Gasteiger partial charge in [-0.15, -0.1) is 0 Å². The van der Waals surface area contributed by atoms with Gasteiger partial charge in [0.25, 0.3) is 5.91 Å². The van der Waals surface area contributed by atoms with Gasteiger partial charge in [0.15, 0.2) is 0 Å². The normalized spacial score (nSPS) is 10.6. The lowest BCUT2D eigenvalue weighted by Crippen LogP contribution is -2.17. The molecule has 1 aromatic heterocycles. The summed E-state index contributed by atoms with van der Waals surface area (Å²) in [6.45, 7) is 0. The highest BCUT2D eigenvalue weighted by Crippen LogP contribution is 2.20. The maximum absolute atomic E-state index is 11.7. The molecule has 6 heteroatoms. The lowest BCUT2D eigenvalue weighted by atomic mass is 10.1. The molecule has 1 amide bonds. The molecule has 0 bridgehead atoms. The molecule has 6 nitrogen and oxygen atoms in total. The van der Waals surface area contributed by atoms with Crippen LogP contribution in [0.3, 0.4) is 0 Å². The molecule has 0 aliphatic rings. The molecule has 0 aliphatic heterocycles. The lowest BCUT2D eigenvalue weighted by Gasteiger charge is -2.06. The maximum Gasteiger partial charge on any atom is 0.309 e. The molecule has 24 heavy (non-hydrogen) atoms. The fourth-order valence-electron chi connectivity index (χ4n) is 2.52. The van der Waals surface area contributed by atoms with Gasteiger partial charge in [-0.1, -0.05) is 12.1 Å². The molecule has 3 rings (SSSR count). The summed E-state index contributed by atoms with van der Waals surface area (Å²) in [6, 6.07) is 13.0. The van der Waals surface area contributed by atoms with Crippen molar-refractivity contribution in [3.8, 4) is 5.69 Å². The van der Waals surface area contributed by atoms with Crippen molar-refractivity contribution in [2.75, 3.05) is 14.2 Å². The smallest absolute Gasteiger partial charge is 0.309 e. The fourth-order valence-corrected chi connectivity index (χ4v) is 2.52. The summed E-state index contributed by atoms with van der Waals surface area (Å²) < 4.78 is 6.60. The quantitative estimate of drug-likeness (QED) is 0.746. The van der Waals surface area contributed by atoms with Crippen LogP contribution < -0.4 is 5.32 Å². The fraction of sp³-hybridized carbons (Fsp3) is 0.167. The highest BCUT2D eigenvalue weighted by molar-refractivity contribution is 5.97. The number of methoxy groups -OCH3 is 1. The van der Waals surface area contributed by atoms with Gasteiger partial charge in [-0.05, 0) is 35.9 Å². The zero-order valence-corrected chi connectivity index (χ0v) is 13.4. The van der Waals surface area contributed by atoms with Crippen LogP contribution in [0.2, 0.25) is 0 Å². The zero-order valence-electron chi connectivity index (χ0n) is 13.4. The van der Waals surface area contributed by atoms with Gasteiger partial charge in [-0.2, -0.15) is 0 Å². The molecule has 122 valence electrons. The van der Waals surface area contributed by atoms with E-state index in [1.807, 2.05) is 34.9 Å². The van der Waals surface area contributed by atoms with Gasteiger partial charge in [0.05, 0.1) is 24.6 Å². The van der Waals surface area contributed by atoms with Crippen molar-refractivity contribution in [3.63, 3.8) is 0 Å². The number of amides is 1. The largest absolute Gasteiger partial charge is 0.469 e. The molecule has 0 saturated carbocycles. The Morgan fingerprint density at radius 1 is 1.17 bits per heavy atom. The number of esters is 1. The first-order chi connectivity index (χ1) is 11.6. The maximum atomic E-state index is 11.7. The van der Waals surface area contributed by atoms with E-state index in [9.17, 15) is 9.59 Å². The number of nitrogens with one attached hydrogen (secondary N) is 1. The topological polar surface area (TPSA) is 73.2 Å². The summed E-state index contributed by atoms with van der Waals surface area (Å²) in [5.41, 5.74) is 4.04. The third-order valence-corrected chi connectivity index (χ3v) is 3.83. The van der Waals surface area contributed by atoms with Crippen LogP contribution in [0.5, 0.6) is 0 Å². The third kappa shape index (κ3) is 2.99. The highest BCUT2D eigenvalue weighted by atomic mass is 16.5. The average Bonchev–Trinajstić information content (AvgIpc) is 3.04. The monoisotopic (exact) mass is 323 g/mol. The molecule has 0 aliphatic carbocycles. The first-order valence-corrected chi connectivity index (χ1v) is 7.47. The van der Waals surface area contributed by atoms with Gasteiger partial charge in [-0.3, -0.25) is 14.2 Å². The van der Waals surface area contributed by atoms with Crippen LogP contribution >= 0.6 is 0 Å². The Hall–Kier alpha value is -3.15. The van der Waals surface area contributed by atoms with Crippen molar-refractivity contribution in [2.45, 2.75) is 6.42 Å². The van der Waals surface area contributed by atoms with Crippen molar-refractivity contribution >= 4 is 22.9 Å². The molecule has 0 saturated heterocycles. The minimum atomic E-state index is -0.266. The summed E-state index contributed by atoms with van der Waals surface area (Å²) in [4.78, 5) is 27.4. The Labute approximate surface area is 139 Å². The summed E-state index contributed by atoms with van der Waals surface area (Å²) in [5.74, 6) is -0.406. The summed E-state index contributed by atoms with van der Waals surface area (Å²) >= 11 is 0. The van der Waals surface area contributed by atoms with Gasteiger partial charge >= 0.3 is 5.97 Å². The van der Waals surface area contributed by atoms with E-state index in [0.29, 0.717) is 5.56 Å². The highest BCUT2D eigenvalue weighted by Gasteiger charge is 2.09. The number of carbonyl (C=O) groups is 2. The number of ether oxygens (including phenoxy) is 1. The van der Waals surface area contributed by atoms with Crippen LogP contribution in [-0.2, 0) is 16.0 Å². The van der Waals surface area contributed by atoms with E-state index in [4.69, 9.17) is 0 Å². The molecule has 3 aromatic rings. The van der Waals surface area contributed by atoms with Gasteiger partial charge < -0.3 is 10.1 Å². The number of aromatic nitrogens is 2. The molecule has 0 atom stereocenters. The molecule has 1 N–H and O–H groups in total. The van der Waals surface area contributed by atoms with E-state index < -0.39 is 0 Å². The van der Waals surface area contributed by atoms with Crippen LogP contribution in [0.25, 0.3) is 16.7 Å². The summed E-state index contributed by atoms with van der Waals surface area (Å²) in [6.07, 6.45) is 1.96. The van der Waals surface area contributed by atoms with Crippen LogP contribution in [-0.4, -0.2) is 35.6 Å². The van der Waals surface area contributed by atoms with Crippen LogP contribution in [0, 0.1) is 0 Å². The second-order valence-electron chi connectivity index (χ2n) is 5.32. The SMILES string of the molecule is CNC(=O)c1ccc2c(c1)ncn2-c1ccc(CC(=O)OC)cc1. The molecule has 0 unspecified atom stereocenters. The number of rotatable bonds is 4. The first kappa shape index (κ1) is 15.7. The Morgan fingerprint density at radius 3 is 2.58 bits per heavy atom. The van der Waals surface area contributed by atoms with E-state index in [1.165, 1.54) is 7.11 Å². The van der Waals surface area contributed by atoms with Crippen molar-refractivity contribution < 1.29 is 14.3 Å². The van der Waals surface area contributed by atoms with E-state index in [0.717, 1.165) is 22.3 Å². The van der Waals surface area contributed by atoms with Crippen LogP contribution in [0.15, 0.2) is 48.8 Å². The average molecular weight is 323 g/mol. The van der Waals surface area contributed by atoms with Crippen molar-refractivity contribution in [1.82, 2.24) is 14.9 Å². The molecular formula is C18H17N3O3. The number of fused-ring (bicyclic) bond motifs is 1. The number of benzene rings is 2. The number of carbonyl (C=O) groups excluding carboxylic acids is 2. The van der Waals surface area contributed by atoms with Crippen LogP contribution in [0.1, 0.15) is 15.9 Å². The van der Waals surface area contributed by atoms with E-state index in [2.05, 4.69) is 15.0 Å². The minimum Gasteiger partial charge on any atom is -0.469 e. The molecular weight excluding hydrogens is 306 g/mol. The molecule has 2 aromatic carbocycles. The Bertz CT molecular complexity index is 898. The number of hydrogen-bond donors (Lipinski definition) is 1. The molecule has 0 radical (unpaired) electrons. The van der Waals surface area contributed by atoms with Crippen molar-refractivity contribution in [3.05, 3.63) is 59.9 Å². The minimum absolute atomic E-state index is 0.140. The van der Waals surface area contributed by atoms with Crippen LogP contribution in [0.4, 0.5) is 0 Å². The second-order valence-corrected chi connectivity index (χ2v) is 5.32. The second kappa shape index (κ2) is 6.54. The standard InChI is InChI=1S/C18H17N3O3/c1-19-18(23)13-5-8-16-15(10-13)20-11-21(16)14-6-3-12(4-7-14)9-17(22)24-2/h3-8,10-11H,9H2,1-2H3,(H,19,23). The van der Waals surface area contributed by atoms with Gasteiger partial charge in [0.1, 0.15) is 6.33 Å². The van der Waals surface area contributed by atoms with Gasteiger partial charge in [0, 0.05) is 18.3 Å². The predicted octanol–water partition coefficient (Wildman–Crippen LogP) is 2.10. The predicted molar refractivity (Wildman–Crippen MR) is 90.2 cm³/mol. The summed E-state index contributed by atoms with van der Waals surface area (Å²) in [7, 11) is 2.97. The number of nitrogens with zero attached hydrogens (tertiary/aromatic N) is 2. The third-order valence-electron chi connectivity index (χ3n) is 3.83. The zero-order chi connectivity index (χ0) is 17.1. The van der Waals surface area contributed by atoms with Gasteiger partial charge in [0.2, 0.25) is 0 Å². The molecule has 0 fully saturated rings. The van der Waals surface area contributed by atoms with Gasteiger partial charge in [-0.25, -0.2) is 4.98 Å². The van der Waals surface area contributed by atoms with E-state index >= 15 is 0 Å². The Balaban J connectivity index is 1.92. The van der Waals surface area contributed by atoms with E-state index in [1.54, 1.807) is 25.5 Å². The van der Waals surface area contributed by atoms with Crippen molar-refractivity contribution in [1.29, 1.82) is 0 Å². The van der Waals surface area contributed by atoms with Crippen molar-refractivity contribution in [2.24, 2.45) is 0 Å². The number of hydrogen-bond acceptors (Lipinski definition) is 4.